The Labute approximate surface area is 348 Å². The molecule has 0 aliphatic carbocycles. The zero-order valence-corrected chi connectivity index (χ0v) is 34.6. The maximum Gasteiger partial charge on any atom is 0.317 e. The van der Waals surface area contributed by atoms with Crippen LogP contribution in [-0.4, -0.2) is 111 Å². The summed E-state index contributed by atoms with van der Waals surface area (Å²) in [5.41, 5.74) is 5.33. The zero-order chi connectivity index (χ0) is 42.2. The molecular formula is C45H51F2N7O6. The molecule has 4 aromatic rings. The number of fused-ring (bicyclic) bond motifs is 2. The molecule has 1 N–H and O–H groups in total. The van der Waals surface area contributed by atoms with E-state index in [0.29, 0.717) is 37.1 Å². The van der Waals surface area contributed by atoms with Crippen LogP contribution in [0.3, 0.4) is 0 Å². The highest BCUT2D eigenvalue weighted by Crippen LogP contribution is 2.39. The van der Waals surface area contributed by atoms with Gasteiger partial charge >= 0.3 is 6.03 Å². The van der Waals surface area contributed by atoms with Crippen molar-refractivity contribution in [3.63, 3.8) is 0 Å². The van der Waals surface area contributed by atoms with Crippen LogP contribution in [0.15, 0.2) is 59.5 Å². The number of amides is 4. The number of urea groups is 1. The molecule has 1 aromatic heterocycles. The van der Waals surface area contributed by atoms with Crippen LogP contribution in [0.2, 0.25) is 0 Å². The molecule has 0 atom stereocenters. The predicted octanol–water partition coefficient (Wildman–Crippen LogP) is 5.27. The first-order chi connectivity index (χ1) is 29.0. The summed E-state index contributed by atoms with van der Waals surface area (Å²) in [5.74, 6) is -0.932. The third kappa shape index (κ3) is 7.83. The number of aryl methyl sites for hydroxylation is 1. The molecule has 15 heteroatoms. The monoisotopic (exact) mass is 823 g/mol. The van der Waals surface area contributed by atoms with Crippen molar-refractivity contribution < 1.29 is 32.6 Å². The van der Waals surface area contributed by atoms with Crippen molar-refractivity contribution in [2.24, 2.45) is 13.0 Å². The smallest absolute Gasteiger partial charge is 0.317 e. The molecule has 8 rings (SSSR count). The zero-order valence-electron chi connectivity index (χ0n) is 34.6. The number of ether oxygens (including phenoxy) is 2. The number of methoxy groups -OCH3 is 2. The topological polar surface area (TPSA) is 120 Å². The number of rotatable bonds is 10. The van der Waals surface area contributed by atoms with Gasteiger partial charge in [-0.25, -0.2) is 18.5 Å². The van der Waals surface area contributed by atoms with E-state index in [2.05, 4.69) is 20.0 Å². The molecule has 4 aliphatic rings. The Morgan fingerprint density at radius 1 is 0.800 bits per heavy atom. The summed E-state index contributed by atoms with van der Waals surface area (Å²) in [6, 6.07) is 11.9. The Hall–Kier alpha value is -5.80. The highest BCUT2D eigenvalue weighted by molar-refractivity contribution is 6.34. The van der Waals surface area contributed by atoms with E-state index in [4.69, 9.17) is 9.47 Å². The molecule has 5 heterocycles. The van der Waals surface area contributed by atoms with Gasteiger partial charge in [0.1, 0.15) is 23.1 Å². The van der Waals surface area contributed by atoms with E-state index < -0.39 is 23.4 Å². The van der Waals surface area contributed by atoms with Gasteiger partial charge in [0.15, 0.2) is 0 Å². The minimum Gasteiger partial charge on any atom is -0.496 e. The van der Waals surface area contributed by atoms with E-state index in [9.17, 15) is 28.0 Å². The molecule has 4 aliphatic heterocycles. The first kappa shape index (κ1) is 41.0. The van der Waals surface area contributed by atoms with Crippen LogP contribution in [-0.2, 0) is 26.6 Å². The summed E-state index contributed by atoms with van der Waals surface area (Å²) in [5, 5.41) is 2.67. The van der Waals surface area contributed by atoms with Gasteiger partial charge in [-0.2, -0.15) is 0 Å². The summed E-state index contributed by atoms with van der Waals surface area (Å²) >= 11 is 0. The van der Waals surface area contributed by atoms with Gasteiger partial charge in [0.25, 0.3) is 17.4 Å². The second-order valence-electron chi connectivity index (χ2n) is 16.1. The van der Waals surface area contributed by atoms with Gasteiger partial charge in [0.2, 0.25) is 0 Å². The molecule has 0 saturated carbocycles. The van der Waals surface area contributed by atoms with Gasteiger partial charge in [-0.15, -0.1) is 0 Å². The Balaban J connectivity index is 0.845. The lowest BCUT2D eigenvalue weighted by Crippen LogP contribution is -2.46. The SMILES string of the molecule is CNC(=O)N1CCc2c(-c3cc(OC)c(CN4CCN(CCC5CCN(c6ccc7c(c6)C(=O)N(c6ccc(F)cc6F)C7=O)CC5)CC4)c(OC)c3)cn(C)c(=O)c2C1. The fourth-order valence-corrected chi connectivity index (χ4v) is 9.22. The summed E-state index contributed by atoms with van der Waals surface area (Å²) < 4.78 is 41.6. The number of anilines is 2. The van der Waals surface area contributed by atoms with Gasteiger partial charge in [-0.05, 0) is 91.7 Å². The van der Waals surface area contributed by atoms with Crippen molar-refractivity contribution in [1.29, 1.82) is 0 Å². The molecule has 3 aromatic carbocycles. The van der Waals surface area contributed by atoms with Crippen molar-refractivity contribution in [3.8, 4) is 22.6 Å². The molecule has 2 fully saturated rings. The number of aromatic nitrogens is 1. The van der Waals surface area contributed by atoms with Crippen molar-refractivity contribution in [2.75, 3.05) is 83.4 Å². The third-order valence-corrected chi connectivity index (χ3v) is 12.7. The second kappa shape index (κ2) is 17.1. The number of nitrogens with zero attached hydrogens (tertiary/aromatic N) is 6. The quantitative estimate of drug-likeness (QED) is 0.214. The Bertz CT molecular complexity index is 2360. The van der Waals surface area contributed by atoms with E-state index in [-0.39, 0.29) is 34.9 Å². The minimum atomic E-state index is -0.963. The fraction of sp³-hybridized carbons (Fsp3) is 0.422. The van der Waals surface area contributed by atoms with Gasteiger partial charge in [0.05, 0.1) is 43.1 Å². The number of hydrogen-bond acceptors (Lipinski definition) is 9. The number of pyridine rings is 1. The lowest BCUT2D eigenvalue weighted by Gasteiger charge is -2.37. The average molecular weight is 824 g/mol. The predicted molar refractivity (Wildman–Crippen MR) is 224 cm³/mol. The number of piperazine rings is 1. The van der Waals surface area contributed by atoms with Gasteiger partial charge in [-0.1, -0.05) is 0 Å². The van der Waals surface area contributed by atoms with E-state index >= 15 is 0 Å². The minimum absolute atomic E-state index is 0.104. The molecule has 60 heavy (non-hydrogen) atoms. The number of carbonyl (C=O) groups is 3. The van der Waals surface area contributed by atoms with Crippen molar-refractivity contribution in [3.05, 3.63) is 105 Å². The Kier molecular flexibility index (Phi) is 11.6. The third-order valence-electron chi connectivity index (χ3n) is 12.7. The van der Waals surface area contributed by atoms with Gasteiger partial charge < -0.3 is 34.1 Å². The van der Waals surface area contributed by atoms with Crippen LogP contribution in [0.1, 0.15) is 56.7 Å². The van der Waals surface area contributed by atoms with Gasteiger partial charge in [0, 0.05) is 95.5 Å². The van der Waals surface area contributed by atoms with Crippen LogP contribution in [0.25, 0.3) is 11.1 Å². The largest absolute Gasteiger partial charge is 0.496 e. The van der Waals surface area contributed by atoms with Crippen molar-refractivity contribution in [2.45, 2.75) is 38.8 Å². The van der Waals surface area contributed by atoms with E-state index in [1.165, 1.54) is 0 Å². The summed E-state index contributed by atoms with van der Waals surface area (Å²) in [6.07, 6.45) is 5.57. The van der Waals surface area contributed by atoms with Crippen LogP contribution in [0, 0.1) is 17.6 Å². The molecule has 4 amide bonds. The first-order valence-corrected chi connectivity index (χ1v) is 20.6. The average Bonchev–Trinajstić information content (AvgIpc) is 3.51. The van der Waals surface area contributed by atoms with Crippen LogP contribution in [0.5, 0.6) is 11.5 Å². The molecule has 0 radical (unpaired) electrons. The normalized spacial score (nSPS) is 17.5. The maximum absolute atomic E-state index is 14.5. The number of benzene rings is 3. The number of carbonyl (C=O) groups excluding carboxylic acids is 3. The lowest BCUT2D eigenvalue weighted by atomic mass is 9.91. The number of hydrogen-bond donors (Lipinski definition) is 1. The van der Waals surface area contributed by atoms with E-state index in [1.54, 1.807) is 49.9 Å². The molecule has 2 saturated heterocycles. The fourth-order valence-electron chi connectivity index (χ4n) is 9.22. The van der Waals surface area contributed by atoms with Gasteiger partial charge in [-0.3, -0.25) is 19.3 Å². The molecule has 0 spiro atoms. The van der Waals surface area contributed by atoms with Crippen LogP contribution < -0.4 is 30.1 Å². The van der Waals surface area contributed by atoms with Crippen molar-refractivity contribution in [1.82, 2.24) is 24.6 Å². The molecule has 0 unspecified atom stereocenters. The number of nitrogens with one attached hydrogen (secondary N) is 1. The first-order valence-electron chi connectivity index (χ1n) is 20.6. The molecule has 0 bridgehead atoms. The van der Waals surface area contributed by atoms with Crippen molar-refractivity contribution >= 4 is 29.2 Å². The Morgan fingerprint density at radius 2 is 1.48 bits per heavy atom. The van der Waals surface area contributed by atoms with Crippen LogP contribution in [0.4, 0.5) is 25.0 Å². The standard InChI is InChI=1S/C45H51F2N7O6/c1-48-45(58)53-16-12-32-35(25-49(2)42(55)36(32)27-53)29-21-40(59-3)37(41(22-29)60-4)26-51-19-17-50(18-20-51)13-9-28-10-14-52(15-11-28)31-6-7-33-34(24-31)44(57)54(43(33)56)39-8-5-30(46)23-38(39)47/h5-8,21-25,28H,9-20,26-27H2,1-4H3,(H,48,58). The van der Waals surface area contributed by atoms with E-state index in [0.717, 1.165) is 122 Å². The number of piperidine rings is 1. The highest BCUT2D eigenvalue weighted by atomic mass is 19.1. The van der Waals surface area contributed by atoms with Crippen LogP contribution >= 0.6 is 0 Å². The second-order valence-corrected chi connectivity index (χ2v) is 16.1. The molecule has 316 valence electrons. The Morgan fingerprint density at radius 3 is 2.15 bits per heavy atom. The molecular weight excluding hydrogens is 773 g/mol. The summed E-state index contributed by atoms with van der Waals surface area (Å²) in [4.78, 5) is 61.6. The summed E-state index contributed by atoms with van der Waals surface area (Å²) in [7, 11) is 6.67. The number of imide groups is 1. The molecule has 13 nitrogen and oxygen atoms in total. The maximum atomic E-state index is 14.5. The number of halogens is 2. The summed E-state index contributed by atoms with van der Waals surface area (Å²) in [6.45, 7) is 7.87. The lowest BCUT2D eigenvalue weighted by molar-refractivity contribution is 0.0924. The van der Waals surface area contributed by atoms with E-state index in [1.807, 2.05) is 24.4 Å². The highest BCUT2D eigenvalue weighted by Gasteiger charge is 2.39.